The van der Waals surface area contributed by atoms with Crippen molar-refractivity contribution in [1.29, 1.82) is 0 Å². The third-order valence-electron chi connectivity index (χ3n) is 0.476. The average molecular weight is 104 g/mol. The van der Waals surface area contributed by atoms with Gasteiger partial charge in [-0.3, -0.25) is 0 Å². The van der Waals surface area contributed by atoms with Gasteiger partial charge in [0.05, 0.1) is 0 Å². The molecule has 0 saturated heterocycles. The summed E-state index contributed by atoms with van der Waals surface area (Å²) in [5.41, 5.74) is 0. The molecule has 0 heterocycles. The molecule has 6 heteroatoms. The fraction of sp³-hybridized carbons (Fsp3) is 1.00. The predicted octanol–water partition coefficient (Wildman–Crippen LogP) is -0.686. The zero-order chi connectivity index (χ0) is 6.24. The molecule has 37 valence electrons. The zero-order valence-electron chi connectivity index (χ0n) is 4.83. The molecular formula is C2H5B4O2. The van der Waals surface area contributed by atoms with Crippen molar-refractivity contribution >= 4 is 30.3 Å². The van der Waals surface area contributed by atoms with Gasteiger partial charge in [0.25, 0.3) is 30.3 Å². The Bertz CT molecular complexity index is 37.0. The Labute approximate surface area is 53.6 Å². The Kier molecular flexibility index (Phi) is 7.34. The normalized spacial score (nSPS) is 8.12. The van der Waals surface area contributed by atoms with Crippen LogP contribution in [0.15, 0.2) is 0 Å². The molecule has 0 saturated carbocycles. The maximum Gasteiger partial charge on any atom is 0.272 e. The molecular weight excluding hydrogens is 99.3 g/mol. The molecule has 8 heavy (non-hydrogen) atoms. The monoisotopic (exact) mass is 105 g/mol. The van der Waals surface area contributed by atoms with E-state index in [4.69, 9.17) is 4.57 Å². The first kappa shape index (κ1) is 8.18. The van der Waals surface area contributed by atoms with Crippen LogP contribution in [0.4, 0.5) is 0 Å². The first-order valence-electron chi connectivity index (χ1n) is 2.39. The fourth-order valence-corrected chi connectivity index (χ4v) is 0.216. The molecule has 0 aromatic rings. The van der Waals surface area contributed by atoms with Crippen LogP contribution in [0.25, 0.3) is 0 Å². The van der Waals surface area contributed by atoms with E-state index in [0.29, 0.717) is 0 Å². The minimum absolute atomic E-state index is 0.870. The van der Waals surface area contributed by atoms with Crippen LogP contribution in [0.3, 0.4) is 0 Å². The number of hydrogen-bond acceptors (Lipinski definition) is 2. The van der Waals surface area contributed by atoms with E-state index >= 15 is 0 Å². The van der Waals surface area contributed by atoms with Crippen molar-refractivity contribution in [3.8, 4) is 0 Å². The van der Waals surface area contributed by atoms with E-state index in [2.05, 4.69) is 12.6 Å². The Morgan fingerprint density at radius 2 is 2.25 bits per heavy atom. The van der Waals surface area contributed by atoms with Crippen molar-refractivity contribution in [1.82, 2.24) is 0 Å². The van der Waals surface area contributed by atoms with E-state index in [-0.39, 0.29) is 0 Å². The molecule has 0 unspecified atom stereocenters. The fourth-order valence-electron chi connectivity index (χ4n) is 0.216. The summed E-state index contributed by atoms with van der Waals surface area (Å²) < 4.78 is 8.78. The lowest BCUT2D eigenvalue weighted by Gasteiger charge is -1.94. The van der Waals surface area contributed by atoms with Crippen molar-refractivity contribution in [3.63, 3.8) is 0 Å². The molecule has 0 atom stereocenters. The molecule has 0 amide bonds. The third kappa shape index (κ3) is 6.18. The smallest absolute Gasteiger partial charge is 0.272 e. The van der Waals surface area contributed by atoms with Crippen LogP contribution in [0, 0.1) is 0 Å². The summed E-state index contributed by atoms with van der Waals surface area (Å²) in [4.78, 5) is 0. The molecule has 0 aliphatic heterocycles. The summed E-state index contributed by atoms with van der Waals surface area (Å²) in [6.45, 7) is 1.97. The van der Waals surface area contributed by atoms with E-state index in [9.17, 15) is 0 Å². The van der Waals surface area contributed by atoms with Crippen LogP contribution in [-0.2, 0) is 9.14 Å². The molecule has 0 aliphatic carbocycles. The lowest BCUT2D eigenvalue weighted by Crippen LogP contribution is -2.12. The topological polar surface area (TPSA) is 18.5 Å². The van der Waals surface area contributed by atoms with E-state index in [1.165, 1.54) is 14.7 Å². The van der Waals surface area contributed by atoms with Gasteiger partial charge in [-0.25, -0.2) is 0 Å². The van der Waals surface area contributed by atoms with Crippen LogP contribution in [0.1, 0.15) is 6.92 Å². The lowest BCUT2D eigenvalue weighted by atomic mass is 9.62. The highest BCUT2D eigenvalue weighted by Gasteiger charge is 1.91. The van der Waals surface area contributed by atoms with Gasteiger partial charge in [0, 0.05) is 0 Å². The van der Waals surface area contributed by atoms with Crippen molar-refractivity contribution in [2.75, 3.05) is 0 Å². The quantitative estimate of drug-likeness (QED) is 0.340. The van der Waals surface area contributed by atoms with Gasteiger partial charge in [-0.1, -0.05) is 13.2 Å². The Balaban J connectivity index is 2.53. The van der Waals surface area contributed by atoms with Crippen LogP contribution < -0.4 is 0 Å². The number of hydrogen-bond donors (Lipinski definition) is 0. The van der Waals surface area contributed by atoms with Crippen molar-refractivity contribution in [2.24, 2.45) is 0 Å². The van der Waals surface area contributed by atoms with E-state index < -0.39 is 0 Å². The minimum Gasteiger partial charge on any atom is -0.514 e. The second-order valence-corrected chi connectivity index (χ2v) is 1.12. The molecule has 2 nitrogen and oxygen atoms in total. The summed E-state index contributed by atoms with van der Waals surface area (Å²) in [5, 5.41) is 0. The highest BCUT2D eigenvalue weighted by atomic mass is 16.4. The van der Waals surface area contributed by atoms with Crippen LogP contribution >= 0.6 is 0 Å². The Morgan fingerprint density at radius 3 is 2.75 bits per heavy atom. The minimum atomic E-state index is 0.870. The molecule has 0 rings (SSSR count). The van der Waals surface area contributed by atoms with Gasteiger partial charge < -0.3 is 9.14 Å². The van der Waals surface area contributed by atoms with Crippen molar-refractivity contribution in [3.05, 3.63) is 0 Å². The first-order chi connectivity index (χ1) is 3.91. The highest BCUT2D eigenvalue weighted by molar-refractivity contribution is 6.96. The SMILES string of the molecule is [B]O[B][B]O[B]CC. The molecule has 0 aromatic carbocycles. The largest absolute Gasteiger partial charge is 0.514 e. The van der Waals surface area contributed by atoms with Crippen LogP contribution in [-0.4, -0.2) is 30.3 Å². The van der Waals surface area contributed by atoms with E-state index in [0.717, 1.165) is 6.32 Å². The van der Waals surface area contributed by atoms with E-state index in [1.807, 2.05) is 6.92 Å². The summed E-state index contributed by atoms with van der Waals surface area (Å²) in [5.74, 6) is 0. The van der Waals surface area contributed by atoms with Gasteiger partial charge in [0.15, 0.2) is 0 Å². The molecule has 0 aromatic heterocycles. The standard InChI is InChI=1S/C2H5B4O2/c1-2-4-8-6-5-7-3/h2H2,1H3. The maximum atomic E-state index is 4.71. The summed E-state index contributed by atoms with van der Waals surface area (Å²) >= 11 is 0. The van der Waals surface area contributed by atoms with Crippen LogP contribution in [0.5, 0.6) is 0 Å². The first-order valence-corrected chi connectivity index (χ1v) is 2.39. The zero-order valence-corrected chi connectivity index (χ0v) is 4.83. The third-order valence-corrected chi connectivity index (χ3v) is 0.476. The predicted molar refractivity (Wildman–Crippen MR) is 35.7 cm³/mol. The molecule has 0 N–H and O–H groups in total. The molecule has 0 spiro atoms. The average Bonchev–Trinajstić information content (AvgIpc) is 1.81. The second kappa shape index (κ2) is 7.18. The Morgan fingerprint density at radius 1 is 1.50 bits per heavy atom. The van der Waals surface area contributed by atoms with Gasteiger partial charge in [0.1, 0.15) is 0 Å². The lowest BCUT2D eigenvalue weighted by molar-refractivity contribution is 0.630. The Hall–Kier alpha value is 0.180. The summed E-state index contributed by atoms with van der Waals surface area (Å²) in [7, 11) is 8.89. The van der Waals surface area contributed by atoms with Crippen LogP contribution in [0.2, 0.25) is 6.32 Å². The second-order valence-electron chi connectivity index (χ2n) is 1.12. The number of rotatable bonds is 5. The molecule has 5 radical (unpaired) electrons. The van der Waals surface area contributed by atoms with Gasteiger partial charge in [-0.2, -0.15) is 0 Å². The summed E-state index contributed by atoms with van der Waals surface area (Å²) in [6, 6.07) is 0. The van der Waals surface area contributed by atoms with Gasteiger partial charge >= 0.3 is 0 Å². The van der Waals surface area contributed by atoms with Gasteiger partial charge in [-0.15, -0.1) is 0 Å². The van der Waals surface area contributed by atoms with E-state index in [1.54, 1.807) is 7.48 Å². The molecule has 0 aliphatic rings. The molecule has 0 bridgehead atoms. The van der Waals surface area contributed by atoms with Crippen molar-refractivity contribution < 1.29 is 9.14 Å². The van der Waals surface area contributed by atoms with Gasteiger partial charge in [0.2, 0.25) is 0 Å². The highest BCUT2D eigenvalue weighted by Crippen LogP contribution is 1.72. The maximum absolute atomic E-state index is 4.71. The van der Waals surface area contributed by atoms with Crippen molar-refractivity contribution in [2.45, 2.75) is 13.2 Å². The molecule has 0 fully saturated rings. The summed E-state index contributed by atoms with van der Waals surface area (Å²) in [6.07, 6.45) is 0.870. The van der Waals surface area contributed by atoms with Gasteiger partial charge in [-0.05, 0) is 0 Å².